The zero-order valence-electron chi connectivity index (χ0n) is 10.9. The van der Waals surface area contributed by atoms with E-state index in [0.29, 0.717) is 6.73 Å². The van der Waals surface area contributed by atoms with E-state index in [-0.39, 0.29) is 0 Å². The topological polar surface area (TPSA) is 12.2 Å². The fourth-order valence-corrected chi connectivity index (χ4v) is 2.20. The van der Waals surface area contributed by atoms with Gasteiger partial charge in [0.2, 0.25) is 5.69 Å². The molecule has 0 unspecified atom stereocenters. The predicted molar refractivity (Wildman–Crippen MR) is 77.4 cm³/mol. The first-order chi connectivity index (χ1) is 9.34. The van der Waals surface area contributed by atoms with Crippen LogP contribution in [0.15, 0.2) is 66.7 Å². The Labute approximate surface area is 113 Å². The smallest absolute Gasteiger partial charge is 0.292 e. The molecule has 3 rings (SSSR count). The fourth-order valence-electron chi connectivity index (χ4n) is 2.20. The van der Waals surface area contributed by atoms with Crippen molar-refractivity contribution in [2.75, 3.05) is 6.73 Å². The number of nitrogens with zero attached hydrogens (tertiary/aromatic N) is 1. The number of rotatable bonds is 2. The van der Waals surface area contributed by atoms with Gasteiger partial charge in [0.25, 0.3) is 6.73 Å². The number of hydrogen-bond acceptors (Lipinski definition) is 1. The molecular formula is C17H16NO+. The third-order valence-electron chi connectivity index (χ3n) is 3.24. The number of hydrogen-bond donors (Lipinski definition) is 0. The number of para-hydroxylation sites is 1. The molecule has 94 valence electrons. The number of ether oxygens (including phenoxy) is 1. The van der Waals surface area contributed by atoms with Crippen molar-refractivity contribution in [3.63, 3.8) is 0 Å². The summed E-state index contributed by atoms with van der Waals surface area (Å²) in [6, 6.07) is 20.5. The Hall–Kier alpha value is -2.35. The van der Waals surface area contributed by atoms with E-state index in [2.05, 4.69) is 41.8 Å². The molecule has 0 fully saturated rings. The van der Waals surface area contributed by atoms with Crippen molar-refractivity contribution in [1.82, 2.24) is 0 Å². The average molecular weight is 250 g/mol. The van der Waals surface area contributed by atoms with Crippen molar-refractivity contribution in [3.05, 3.63) is 72.3 Å². The second-order valence-corrected chi connectivity index (χ2v) is 4.55. The minimum atomic E-state index is 0.552. The van der Waals surface area contributed by atoms with Crippen molar-refractivity contribution >= 4 is 17.2 Å². The summed E-state index contributed by atoms with van der Waals surface area (Å²) in [5.74, 6) is 0.935. The van der Waals surface area contributed by atoms with E-state index in [0.717, 1.165) is 17.0 Å². The van der Waals surface area contributed by atoms with Gasteiger partial charge in [-0.05, 0) is 0 Å². The first-order valence-corrected chi connectivity index (χ1v) is 6.40. The largest absolute Gasteiger partial charge is 0.435 e. The molecule has 0 amide bonds. The van der Waals surface area contributed by atoms with E-state index in [9.17, 15) is 0 Å². The molecule has 0 spiro atoms. The van der Waals surface area contributed by atoms with Gasteiger partial charge in [-0.25, -0.2) is 0 Å². The lowest BCUT2D eigenvalue weighted by molar-refractivity contribution is -0.484. The lowest BCUT2D eigenvalue weighted by Gasteiger charge is -2.15. The minimum Gasteiger partial charge on any atom is -0.435 e. The van der Waals surface area contributed by atoms with Crippen molar-refractivity contribution in [3.8, 4) is 0 Å². The summed E-state index contributed by atoms with van der Waals surface area (Å²) >= 11 is 0. The molecule has 0 aromatic heterocycles. The summed E-state index contributed by atoms with van der Waals surface area (Å²) in [4.78, 5) is 0. The monoisotopic (exact) mass is 250 g/mol. The fraction of sp³-hybridized carbons (Fsp3) is 0.118. The predicted octanol–water partition coefficient (Wildman–Crippen LogP) is 3.82. The van der Waals surface area contributed by atoms with Gasteiger partial charge in [-0.15, -0.1) is 0 Å². The minimum absolute atomic E-state index is 0.552. The van der Waals surface area contributed by atoms with Gasteiger partial charge in [0, 0.05) is 30.7 Å². The summed E-state index contributed by atoms with van der Waals surface area (Å²) in [7, 11) is 0. The van der Waals surface area contributed by atoms with Crippen molar-refractivity contribution in [2.24, 2.45) is 0 Å². The summed E-state index contributed by atoms with van der Waals surface area (Å²) in [5, 5.41) is 0. The molecule has 0 N–H and O–H groups in total. The van der Waals surface area contributed by atoms with Crippen LogP contribution in [-0.4, -0.2) is 17.0 Å². The molecule has 0 bridgehead atoms. The van der Waals surface area contributed by atoms with Crippen LogP contribution in [0.5, 0.6) is 0 Å². The van der Waals surface area contributed by atoms with E-state index in [1.54, 1.807) is 0 Å². The quantitative estimate of drug-likeness (QED) is 0.738. The van der Waals surface area contributed by atoms with Crippen molar-refractivity contribution in [1.29, 1.82) is 0 Å². The highest BCUT2D eigenvalue weighted by Gasteiger charge is 2.20. The maximum atomic E-state index is 5.87. The van der Waals surface area contributed by atoms with E-state index in [4.69, 9.17) is 4.74 Å². The zero-order chi connectivity index (χ0) is 13.1. The molecule has 2 aromatic carbocycles. The molecule has 2 aromatic rings. The molecule has 0 saturated heterocycles. The number of benzene rings is 2. The van der Waals surface area contributed by atoms with E-state index in [1.807, 2.05) is 36.4 Å². The molecule has 0 aliphatic carbocycles. The van der Waals surface area contributed by atoms with Crippen LogP contribution in [0, 0.1) is 0 Å². The van der Waals surface area contributed by atoms with Crippen LogP contribution in [0.2, 0.25) is 0 Å². The normalized spacial score (nSPS) is 14.9. The number of allylic oxidation sites excluding steroid dienone is 1. The highest BCUT2D eigenvalue weighted by atomic mass is 16.5. The van der Waals surface area contributed by atoms with Gasteiger partial charge >= 0.3 is 0 Å². The highest BCUT2D eigenvalue weighted by Crippen LogP contribution is 2.22. The van der Waals surface area contributed by atoms with Crippen LogP contribution in [-0.2, 0) is 4.74 Å². The first kappa shape index (κ1) is 11.7. The van der Waals surface area contributed by atoms with Crippen LogP contribution in [0.4, 0.5) is 5.69 Å². The van der Waals surface area contributed by atoms with E-state index < -0.39 is 0 Å². The van der Waals surface area contributed by atoms with Crippen LogP contribution in [0.3, 0.4) is 0 Å². The lowest BCUT2D eigenvalue weighted by atomic mass is 10.1. The SMILES string of the molecule is CC1=[N+](c2ccccc2)COC(c2ccccc2)=C1. The Kier molecular flexibility index (Phi) is 3.15. The second-order valence-electron chi connectivity index (χ2n) is 4.55. The molecule has 0 radical (unpaired) electrons. The van der Waals surface area contributed by atoms with Crippen molar-refractivity contribution < 1.29 is 9.31 Å². The molecule has 2 nitrogen and oxygen atoms in total. The van der Waals surface area contributed by atoms with Crippen LogP contribution in [0.1, 0.15) is 12.5 Å². The molecule has 0 atom stereocenters. The Balaban J connectivity index is 1.97. The lowest BCUT2D eigenvalue weighted by Crippen LogP contribution is -2.21. The molecule has 1 aliphatic heterocycles. The van der Waals surface area contributed by atoms with Crippen molar-refractivity contribution in [2.45, 2.75) is 6.92 Å². The standard InChI is InChI=1S/C17H16NO/c1-14-12-17(15-8-4-2-5-9-15)19-13-18(14)16-10-6-3-7-11-16/h2-12H,13H2,1H3/q+1. The first-order valence-electron chi connectivity index (χ1n) is 6.40. The van der Waals surface area contributed by atoms with E-state index in [1.165, 1.54) is 5.71 Å². The average Bonchev–Trinajstić information content (AvgIpc) is 2.49. The van der Waals surface area contributed by atoms with Gasteiger partial charge in [0.1, 0.15) is 5.76 Å². The van der Waals surface area contributed by atoms with Gasteiger partial charge in [0.15, 0.2) is 5.71 Å². The molecular weight excluding hydrogens is 234 g/mol. The van der Waals surface area contributed by atoms with Gasteiger partial charge in [-0.3, -0.25) is 0 Å². The van der Waals surface area contributed by atoms with Gasteiger partial charge < -0.3 is 4.74 Å². The van der Waals surface area contributed by atoms with Gasteiger partial charge in [-0.2, -0.15) is 4.58 Å². The Bertz CT molecular complexity index is 627. The Morgan fingerprint density at radius 3 is 2.16 bits per heavy atom. The molecule has 1 aliphatic rings. The maximum absolute atomic E-state index is 5.87. The highest BCUT2D eigenvalue weighted by molar-refractivity contribution is 5.95. The maximum Gasteiger partial charge on any atom is 0.292 e. The molecule has 2 heteroatoms. The summed E-state index contributed by atoms with van der Waals surface area (Å²) in [6.07, 6.45) is 2.09. The van der Waals surface area contributed by atoms with Gasteiger partial charge in [-0.1, -0.05) is 48.5 Å². The summed E-state index contributed by atoms with van der Waals surface area (Å²) in [6.45, 7) is 2.66. The molecule has 19 heavy (non-hydrogen) atoms. The Morgan fingerprint density at radius 2 is 1.53 bits per heavy atom. The summed E-state index contributed by atoms with van der Waals surface area (Å²) in [5.41, 5.74) is 3.47. The van der Waals surface area contributed by atoms with Crippen LogP contribution < -0.4 is 0 Å². The third-order valence-corrected chi connectivity index (χ3v) is 3.24. The van der Waals surface area contributed by atoms with Crippen LogP contribution in [0.25, 0.3) is 5.76 Å². The van der Waals surface area contributed by atoms with E-state index >= 15 is 0 Å². The zero-order valence-corrected chi connectivity index (χ0v) is 10.9. The summed E-state index contributed by atoms with van der Waals surface area (Å²) < 4.78 is 8.03. The Morgan fingerprint density at radius 1 is 0.895 bits per heavy atom. The van der Waals surface area contributed by atoms with Crippen LogP contribution >= 0.6 is 0 Å². The molecule has 1 heterocycles. The molecule has 0 saturated carbocycles. The third kappa shape index (κ3) is 2.43. The second kappa shape index (κ2) is 5.11. The van der Waals surface area contributed by atoms with Gasteiger partial charge in [0.05, 0.1) is 0 Å².